The molecule has 0 aliphatic carbocycles. The highest BCUT2D eigenvalue weighted by Crippen LogP contribution is 2.09. The summed E-state index contributed by atoms with van der Waals surface area (Å²) < 4.78 is 0. The second kappa shape index (κ2) is 4.30. The minimum absolute atomic E-state index is 0.762. The van der Waals surface area contributed by atoms with Crippen molar-refractivity contribution < 1.29 is 0 Å². The smallest absolute Gasteiger partial charge is 0.0256 e. The predicted molar refractivity (Wildman–Crippen MR) is 54.4 cm³/mol. The van der Waals surface area contributed by atoms with E-state index in [-0.39, 0.29) is 0 Å². The highest BCUT2D eigenvalue weighted by molar-refractivity contribution is 5.22. The molecule has 0 saturated heterocycles. The van der Waals surface area contributed by atoms with Gasteiger partial charge in [0.15, 0.2) is 0 Å². The van der Waals surface area contributed by atoms with E-state index < -0.39 is 0 Å². The molecule has 66 valence electrons. The van der Waals surface area contributed by atoms with E-state index in [9.17, 15) is 0 Å². The normalized spacial score (nSPS) is 10.7. The van der Waals surface area contributed by atoms with E-state index in [1.165, 1.54) is 17.5 Å². The van der Waals surface area contributed by atoms with Crippen LogP contribution in [-0.4, -0.2) is 0 Å². The molecular formula is C12H18. The summed E-state index contributed by atoms with van der Waals surface area (Å²) in [6, 6.07) is 8.97. The van der Waals surface area contributed by atoms with Crippen LogP contribution in [-0.2, 0) is 12.8 Å². The SMILES string of the molecule is CCc1ccc(CC(C)C)cc1. The molecule has 12 heavy (non-hydrogen) atoms. The van der Waals surface area contributed by atoms with Crippen LogP contribution in [0.3, 0.4) is 0 Å². The topological polar surface area (TPSA) is 0 Å². The Balaban J connectivity index is 2.65. The summed E-state index contributed by atoms with van der Waals surface area (Å²) in [5.74, 6) is 0.762. The Morgan fingerprint density at radius 1 is 1.00 bits per heavy atom. The Labute approximate surface area is 75.6 Å². The van der Waals surface area contributed by atoms with Crippen LogP contribution in [0.2, 0.25) is 0 Å². The van der Waals surface area contributed by atoms with Gasteiger partial charge in [0.05, 0.1) is 0 Å². The van der Waals surface area contributed by atoms with Crippen LogP contribution in [0.4, 0.5) is 0 Å². The maximum Gasteiger partial charge on any atom is -0.0256 e. The molecule has 0 bridgehead atoms. The van der Waals surface area contributed by atoms with Crippen molar-refractivity contribution in [3.05, 3.63) is 35.4 Å². The van der Waals surface area contributed by atoms with Gasteiger partial charge in [-0.1, -0.05) is 45.0 Å². The Hall–Kier alpha value is -0.780. The van der Waals surface area contributed by atoms with Gasteiger partial charge in [-0.3, -0.25) is 0 Å². The predicted octanol–water partition coefficient (Wildman–Crippen LogP) is 3.45. The van der Waals surface area contributed by atoms with E-state index in [1.54, 1.807) is 0 Å². The average molecular weight is 162 g/mol. The monoisotopic (exact) mass is 162 g/mol. The van der Waals surface area contributed by atoms with Crippen molar-refractivity contribution in [3.8, 4) is 0 Å². The van der Waals surface area contributed by atoms with E-state index in [2.05, 4.69) is 45.0 Å². The van der Waals surface area contributed by atoms with Gasteiger partial charge in [-0.2, -0.15) is 0 Å². The van der Waals surface area contributed by atoms with Crippen LogP contribution in [0.15, 0.2) is 24.3 Å². The molecular weight excluding hydrogens is 144 g/mol. The Kier molecular flexibility index (Phi) is 3.33. The number of hydrogen-bond acceptors (Lipinski definition) is 0. The Morgan fingerprint density at radius 3 is 1.92 bits per heavy atom. The molecule has 0 heteroatoms. The van der Waals surface area contributed by atoms with Gasteiger partial charge in [0.1, 0.15) is 0 Å². The molecule has 0 spiro atoms. The molecule has 1 rings (SSSR count). The summed E-state index contributed by atoms with van der Waals surface area (Å²) in [5, 5.41) is 0. The molecule has 0 atom stereocenters. The highest BCUT2D eigenvalue weighted by atomic mass is 14.0. The van der Waals surface area contributed by atoms with E-state index in [1.807, 2.05) is 0 Å². The second-order valence-corrected chi connectivity index (χ2v) is 3.77. The summed E-state index contributed by atoms with van der Waals surface area (Å²) >= 11 is 0. The quantitative estimate of drug-likeness (QED) is 0.638. The van der Waals surface area contributed by atoms with Gasteiger partial charge in [0, 0.05) is 0 Å². The third-order valence-electron chi connectivity index (χ3n) is 2.08. The maximum absolute atomic E-state index is 2.26. The summed E-state index contributed by atoms with van der Waals surface area (Å²) in [6.45, 7) is 6.71. The third-order valence-corrected chi connectivity index (χ3v) is 2.08. The molecule has 0 radical (unpaired) electrons. The molecule has 0 amide bonds. The summed E-state index contributed by atoms with van der Waals surface area (Å²) in [5.41, 5.74) is 2.89. The van der Waals surface area contributed by atoms with Crippen molar-refractivity contribution >= 4 is 0 Å². The van der Waals surface area contributed by atoms with E-state index >= 15 is 0 Å². The Morgan fingerprint density at radius 2 is 1.50 bits per heavy atom. The highest BCUT2D eigenvalue weighted by Gasteiger charge is 1.96. The van der Waals surface area contributed by atoms with Crippen molar-refractivity contribution in [3.63, 3.8) is 0 Å². The number of rotatable bonds is 3. The van der Waals surface area contributed by atoms with E-state index in [0.717, 1.165) is 12.3 Å². The largest absolute Gasteiger partial charge is 0.0625 e. The lowest BCUT2D eigenvalue weighted by Gasteiger charge is -2.05. The lowest BCUT2D eigenvalue weighted by atomic mass is 10.0. The van der Waals surface area contributed by atoms with Crippen LogP contribution < -0.4 is 0 Å². The fraction of sp³-hybridized carbons (Fsp3) is 0.500. The summed E-state index contributed by atoms with van der Waals surface area (Å²) in [7, 11) is 0. The standard InChI is InChI=1S/C12H18/c1-4-11-5-7-12(8-6-11)9-10(2)3/h5-8,10H,4,9H2,1-3H3. The molecule has 0 heterocycles. The zero-order valence-corrected chi connectivity index (χ0v) is 8.30. The second-order valence-electron chi connectivity index (χ2n) is 3.77. The molecule has 0 aliphatic heterocycles. The summed E-state index contributed by atoms with van der Waals surface area (Å²) in [4.78, 5) is 0. The van der Waals surface area contributed by atoms with Crippen LogP contribution in [0, 0.1) is 5.92 Å². The van der Waals surface area contributed by atoms with Crippen molar-refractivity contribution in [2.45, 2.75) is 33.6 Å². The van der Waals surface area contributed by atoms with Gasteiger partial charge in [-0.05, 0) is 29.9 Å². The first kappa shape index (κ1) is 9.31. The van der Waals surface area contributed by atoms with Crippen molar-refractivity contribution in [2.24, 2.45) is 5.92 Å². The maximum atomic E-state index is 2.26. The zero-order chi connectivity index (χ0) is 8.97. The van der Waals surface area contributed by atoms with Crippen LogP contribution in [0.25, 0.3) is 0 Å². The first-order valence-corrected chi connectivity index (χ1v) is 4.80. The molecule has 0 unspecified atom stereocenters. The minimum Gasteiger partial charge on any atom is -0.0625 e. The van der Waals surface area contributed by atoms with Gasteiger partial charge in [-0.25, -0.2) is 0 Å². The third kappa shape index (κ3) is 2.69. The van der Waals surface area contributed by atoms with Crippen molar-refractivity contribution in [1.82, 2.24) is 0 Å². The van der Waals surface area contributed by atoms with Crippen LogP contribution in [0.5, 0.6) is 0 Å². The zero-order valence-electron chi connectivity index (χ0n) is 8.30. The number of benzene rings is 1. The summed E-state index contributed by atoms with van der Waals surface area (Å²) in [6.07, 6.45) is 2.34. The molecule has 0 aromatic heterocycles. The van der Waals surface area contributed by atoms with Crippen molar-refractivity contribution in [2.75, 3.05) is 0 Å². The molecule has 1 aromatic rings. The average Bonchev–Trinajstić information content (AvgIpc) is 2.05. The van der Waals surface area contributed by atoms with Crippen LogP contribution in [0.1, 0.15) is 31.9 Å². The van der Waals surface area contributed by atoms with Gasteiger partial charge in [-0.15, -0.1) is 0 Å². The molecule has 0 nitrogen and oxygen atoms in total. The van der Waals surface area contributed by atoms with Gasteiger partial charge >= 0.3 is 0 Å². The first-order valence-electron chi connectivity index (χ1n) is 4.80. The fourth-order valence-electron chi connectivity index (χ4n) is 1.38. The minimum atomic E-state index is 0.762. The Bertz CT molecular complexity index is 218. The molecule has 0 saturated carbocycles. The van der Waals surface area contributed by atoms with Crippen LogP contribution >= 0.6 is 0 Å². The lowest BCUT2D eigenvalue weighted by Crippen LogP contribution is -1.93. The molecule has 1 aromatic carbocycles. The molecule has 0 aliphatic rings. The number of hydrogen-bond donors (Lipinski definition) is 0. The molecule has 0 N–H and O–H groups in total. The van der Waals surface area contributed by atoms with E-state index in [0.29, 0.717) is 0 Å². The van der Waals surface area contributed by atoms with Gasteiger partial charge in [0.25, 0.3) is 0 Å². The van der Waals surface area contributed by atoms with Gasteiger partial charge in [0.2, 0.25) is 0 Å². The van der Waals surface area contributed by atoms with Crippen molar-refractivity contribution in [1.29, 1.82) is 0 Å². The van der Waals surface area contributed by atoms with Gasteiger partial charge < -0.3 is 0 Å². The lowest BCUT2D eigenvalue weighted by molar-refractivity contribution is 0.647. The first-order chi connectivity index (χ1) is 5.72. The van der Waals surface area contributed by atoms with E-state index in [4.69, 9.17) is 0 Å². The molecule has 0 fully saturated rings. The fourth-order valence-corrected chi connectivity index (χ4v) is 1.38. The number of aryl methyl sites for hydroxylation is 1.